The Balaban J connectivity index is 2.29. The number of likely N-dealkylation sites (N-methyl/N-ethyl adjacent to an activating group) is 1. The SMILES string of the molecule is CCNC(=O)C(C)NCC1(C)CCOCC1. The molecular formula is C12H24N2O2. The molecule has 1 unspecified atom stereocenters. The quantitative estimate of drug-likeness (QED) is 0.735. The van der Waals surface area contributed by atoms with E-state index in [1.165, 1.54) is 0 Å². The molecule has 0 saturated carbocycles. The van der Waals surface area contributed by atoms with E-state index in [0.717, 1.165) is 32.6 Å². The van der Waals surface area contributed by atoms with Gasteiger partial charge in [-0.2, -0.15) is 0 Å². The highest BCUT2D eigenvalue weighted by molar-refractivity contribution is 5.81. The highest BCUT2D eigenvalue weighted by atomic mass is 16.5. The van der Waals surface area contributed by atoms with Crippen LogP contribution in [0.15, 0.2) is 0 Å². The van der Waals surface area contributed by atoms with Gasteiger partial charge < -0.3 is 15.4 Å². The van der Waals surface area contributed by atoms with Crippen LogP contribution in [-0.2, 0) is 9.53 Å². The molecule has 4 heteroatoms. The minimum Gasteiger partial charge on any atom is -0.381 e. The molecule has 0 spiro atoms. The van der Waals surface area contributed by atoms with E-state index < -0.39 is 0 Å². The lowest BCUT2D eigenvalue weighted by Gasteiger charge is -2.34. The van der Waals surface area contributed by atoms with Gasteiger partial charge in [-0.25, -0.2) is 0 Å². The number of nitrogens with one attached hydrogen (secondary N) is 2. The van der Waals surface area contributed by atoms with Crippen LogP contribution in [0.1, 0.15) is 33.6 Å². The molecule has 0 aromatic carbocycles. The standard InChI is InChI=1S/C12H24N2O2/c1-4-13-11(15)10(2)14-9-12(3)5-7-16-8-6-12/h10,14H,4-9H2,1-3H3,(H,13,15). The van der Waals surface area contributed by atoms with Crippen molar-refractivity contribution in [3.63, 3.8) is 0 Å². The van der Waals surface area contributed by atoms with Crippen LogP contribution >= 0.6 is 0 Å². The Hall–Kier alpha value is -0.610. The van der Waals surface area contributed by atoms with Gasteiger partial charge in [-0.15, -0.1) is 0 Å². The fraction of sp³-hybridized carbons (Fsp3) is 0.917. The maximum atomic E-state index is 11.5. The Morgan fingerprint density at radius 2 is 2.06 bits per heavy atom. The predicted molar refractivity (Wildman–Crippen MR) is 64.3 cm³/mol. The topological polar surface area (TPSA) is 50.4 Å². The van der Waals surface area contributed by atoms with Crippen molar-refractivity contribution in [2.45, 2.75) is 39.7 Å². The molecule has 1 amide bonds. The average Bonchev–Trinajstić information content (AvgIpc) is 2.27. The van der Waals surface area contributed by atoms with Gasteiger partial charge in [-0.3, -0.25) is 4.79 Å². The maximum absolute atomic E-state index is 11.5. The van der Waals surface area contributed by atoms with E-state index in [-0.39, 0.29) is 17.4 Å². The third kappa shape index (κ3) is 4.10. The van der Waals surface area contributed by atoms with E-state index in [1.807, 2.05) is 13.8 Å². The number of hydrogen-bond acceptors (Lipinski definition) is 3. The summed E-state index contributed by atoms with van der Waals surface area (Å²) in [6.07, 6.45) is 2.14. The van der Waals surface area contributed by atoms with E-state index in [4.69, 9.17) is 4.74 Å². The first-order valence-electron chi connectivity index (χ1n) is 6.16. The fourth-order valence-electron chi connectivity index (χ4n) is 1.86. The molecule has 4 nitrogen and oxygen atoms in total. The molecule has 1 fully saturated rings. The van der Waals surface area contributed by atoms with Crippen LogP contribution in [0.4, 0.5) is 0 Å². The third-order valence-corrected chi connectivity index (χ3v) is 3.28. The second-order valence-electron chi connectivity index (χ2n) is 4.92. The minimum absolute atomic E-state index is 0.0816. The van der Waals surface area contributed by atoms with Gasteiger partial charge >= 0.3 is 0 Å². The van der Waals surface area contributed by atoms with Crippen LogP contribution < -0.4 is 10.6 Å². The summed E-state index contributed by atoms with van der Waals surface area (Å²) in [4.78, 5) is 11.5. The maximum Gasteiger partial charge on any atom is 0.236 e. The number of carbonyl (C=O) groups excluding carboxylic acids is 1. The summed E-state index contributed by atoms with van der Waals surface area (Å²) in [6.45, 7) is 9.36. The van der Waals surface area contributed by atoms with Crippen molar-refractivity contribution in [3.8, 4) is 0 Å². The van der Waals surface area contributed by atoms with Gasteiger partial charge in [0.05, 0.1) is 6.04 Å². The van der Waals surface area contributed by atoms with Gasteiger partial charge in [0, 0.05) is 26.3 Å². The van der Waals surface area contributed by atoms with Gasteiger partial charge in [0.1, 0.15) is 0 Å². The summed E-state index contributed by atoms with van der Waals surface area (Å²) in [5.41, 5.74) is 0.277. The van der Waals surface area contributed by atoms with Crippen LogP contribution in [0, 0.1) is 5.41 Å². The molecule has 1 rings (SSSR count). The molecule has 0 radical (unpaired) electrons. The van der Waals surface area contributed by atoms with Gasteiger partial charge in [-0.1, -0.05) is 6.92 Å². The molecule has 0 aromatic rings. The molecule has 2 N–H and O–H groups in total. The van der Waals surface area contributed by atoms with Gasteiger partial charge in [-0.05, 0) is 32.1 Å². The zero-order chi connectivity index (χ0) is 12.0. The van der Waals surface area contributed by atoms with Crippen molar-refractivity contribution in [2.24, 2.45) is 5.41 Å². The van der Waals surface area contributed by atoms with Crippen molar-refractivity contribution in [2.75, 3.05) is 26.3 Å². The lowest BCUT2D eigenvalue weighted by Crippen LogP contribution is -2.47. The van der Waals surface area contributed by atoms with Crippen molar-refractivity contribution < 1.29 is 9.53 Å². The summed E-state index contributed by atoms with van der Waals surface area (Å²) >= 11 is 0. The highest BCUT2D eigenvalue weighted by Crippen LogP contribution is 2.28. The summed E-state index contributed by atoms with van der Waals surface area (Å²) < 4.78 is 5.35. The molecule has 1 saturated heterocycles. The van der Waals surface area contributed by atoms with Crippen molar-refractivity contribution >= 4 is 5.91 Å². The fourth-order valence-corrected chi connectivity index (χ4v) is 1.86. The second kappa shape index (κ2) is 6.21. The molecule has 0 aliphatic carbocycles. The summed E-state index contributed by atoms with van der Waals surface area (Å²) in [5.74, 6) is 0.0816. The van der Waals surface area contributed by atoms with Crippen molar-refractivity contribution in [1.82, 2.24) is 10.6 Å². The largest absolute Gasteiger partial charge is 0.381 e. The Kier molecular flexibility index (Phi) is 5.22. The third-order valence-electron chi connectivity index (χ3n) is 3.28. The molecule has 1 atom stereocenters. The van der Waals surface area contributed by atoms with Crippen molar-refractivity contribution in [1.29, 1.82) is 0 Å². The predicted octanol–water partition coefficient (Wildman–Crippen LogP) is 0.917. The first kappa shape index (κ1) is 13.5. The van der Waals surface area contributed by atoms with E-state index in [9.17, 15) is 4.79 Å². The minimum atomic E-state index is -0.111. The first-order chi connectivity index (χ1) is 7.57. The number of rotatable bonds is 5. The zero-order valence-electron chi connectivity index (χ0n) is 10.6. The van der Waals surface area contributed by atoms with Gasteiger partial charge in [0.2, 0.25) is 5.91 Å². The van der Waals surface area contributed by atoms with Crippen molar-refractivity contribution in [3.05, 3.63) is 0 Å². The Labute approximate surface area is 98.1 Å². The average molecular weight is 228 g/mol. The normalized spacial score (nSPS) is 21.4. The van der Waals surface area contributed by atoms with Crippen LogP contribution in [0.3, 0.4) is 0 Å². The second-order valence-corrected chi connectivity index (χ2v) is 4.92. The lowest BCUT2D eigenvalue weighted by atomic mass is 9.82. The molecular weight excluding hydrogens is 204 g/mol. The Morgan fingerprint density at radius 3 is 2.62 bits per heavy atom. The summed E-state index contributed by atoms with van der Waals surface area (Å²) in [6, 6.07) is -0.111. The molecule has 0 bridgehead atoms. The van der Waals surface area contributed by atoms with Crippen LogP contribution in [0.5, 0.6) is 0 Å². The smallest absolute Gasteiger partial charge is 0.236 e. The molecule has 0 aromatic heterocycles. The highest BCUT2D eigenvalue weighted by Gasteiger charge is 2.28. The van der Waals surface area contributed by atoms with Gasteiger partial charge in [0.25, 0.3) is 0 Å². The molecule has 1 heterocycles. The number of carbonyl (C=O) groups is 1. The number of hydrogen-bond donors (Lipinski definition) is 2. The van der Waals surface area contributed by atoms with E-state index in [2.05, 4.69) is 17.6 Å². The van der Waals surface area contributed by atoms with Crippen LogP contribution in [-0.4, -0.2) is 38.3 Å². The first-order valence-corrected chi connectivity index (χ1v) is 6.16. The van der Waals surface area contributed by atoms with Gasteiger partial charge in [0.15, 0.2) is 0 Å². The Bertz CT molecular complexity index is 225. The molecule has 1 aliphatic heterocycles. The number of amides is 1. The monoisotopic (exact) mass is 228 g/mol. The van der Waals surface area contributed by atoms with Crippen LogP contribution in [0.25, 0.3) is 0 Å². The summed E-state index contributed by atoms with van der Waals surface area (Å²) in [5, 5.41) is 6.13. The summed E-state index contributed by atoms with van der Waals surface area (Å²) in [7, 11) is 0. The molecule has 16 heavy (non-hydrogen) atoms. The van der Waals surface area contributed by atoms with E-state index in [1.54, 1.807) is 0 Å². The lowest BCUT2D eigenvalue weighted by molar-refractivity contribution is -0.122. The van der Waals surface area contributed by atoms with Crippen LogP contribution in [0.2, 0.25) is 0 Å². The molecule has 1 aliphatic rings. The zero-order valence-corrected chi connectivity index (χ0v) is 10.6. The van der Waals surface area contributed by atoms with E-state index in [0.29, 0.717) is 6.54 Å². The number of ether oxygens (including phenoxy) is 1. The Morgan fingerprint density at radius 1 is 1.44 bits per heavy atom. The molecule has 94 valence electrons. The van der Waals surface area contributed by atoms with E-state index >= 15 is 0 Å².